The van der Waals surface area contributed by atoms with E-state index in [1.807, 2.05) is 45.2 Å². The molecule has 130 valence electrons. The third kappa shape index (κ3) is 3.23. The second-order valence-electron chi connectivity index (χ2n) is 6.06. The van der Waals surface area contributed by atoms with Gasteiger partial charge in [-0.15, -0.1) is 10.2 Å². The first kappa shape index (κ1) is 16.5. The molecule has 8 heteroatoms. The summed E-state index contributed by atoms with van der Waals surface area (Å²) in [7, 11) is 0. The summed E-state index contributed by atoms with van der Waals surface area (Å²) in [5.74, 6) is 0.719. The van der Waals surface area contributed by atoms with Gasteiger partial charge in [0.2, 0.25) is 0 Å². The van der Waals surface area contributed by atoms with Crippen LogP contribution in [-0.2, 0) is 0 Å². The molecule has 0 bridgehead atoms. The highest BCUT2D eigenvalue weighted by Gasteiger charge is 2.14. The SMILES string of the molecule is Cc1ccc(-c2cnc3ncnc(NC(C)c4nnc(C)s4)c3c2)nc1. The van der Waals surface area contributed by atoms with Gasteiger partial charge in [-0.1, -0.05) is 17.4 Å². The second kappa shape index (κ2) is 6.72. The van der Waals surface area contributed by atoms with Crippen molar-refractivity contribution in [2.45, 2.75) is 26.8 Å². The van der Waals surface area contributed by atoms with Gasteiger partial charge in [-0.3, -0.25) is 4.98 Å². The molecule has 0 aliphatic rings. The van der Waals surface area contributed by atoms with Crippen molar-refractivity contribution in [3.63, 3.8) is 0 Å². The topological polar surface area (TPSA) is 89.4 Å². The lowest BCUT2D eigenvalue weighted by Crippen LogP contribution is -2.08. The maximum absolute atomic E-state index is 4.48. The van der Waals surface area contributed by atoms with Gasteiger partial charge >= 0.3 is 0 Å². The van der Waals surface area contributed by atoms with E-state index < -0.39 is 0 Å². The lowest BCUT2D eigenvalue weighted by Gasteiger charge is -2.13. The van der Waals surface area contributed by atoms with Crippen molar-refractivity contribution in [2.75, 3.05) is 5.32 Å². The molecule has 26 heavy (non-hydrogen) atoms. The van der Waals surface area contributed by atoms with Crippen molar-refractivity contribution in [3.8, 4) is 11.3 Å². The fourth-order valence-corrected chi connectivity index (χ4v) is 3.29. The van der Waals surface area contributed by atoms with E-state index in [0.717, 1.165) is 38.0 Å². The van der Waals surface area contributed by atoms with Crippen LogP contribution in [0.15, 0.2) is 36.9 Å². The van der Waals surface area contributed by atoms with Crippen molar-refractivity contribution in [1.29, 1.82) is 0 Å². The molecule has 7 nitrogen and oxygen atoms in total. The average molecular weight is 363 g/mol. The molecule has 1 unspecified atom stereocenters. The highest BCUT2D eigenvalue weighted by molar-refractivity contribution is 7.11. The van der Waals surface area contributed by atoms with E-state index in [9.17, 15) is 0 Å². The minimum absolute atomic E-state index is 0.0135. The molecule has 1 atom stereocenters. The highest BCUT2D eigenvalue weighted by atomic mass is 32.1. The molecular formula is C18H17N7S. The molecule has 0 aliphatic heterocycles. The number of anilines is 1. The number of hydrogen-bond donors (Lipinski definition) is 1. The molecule has 0 fully saturated rings. The maximum Gasteiger partial charge on any atom is 0.164 e. The van der Waals surface area contributed by atoms with Gasteiger partial charge in [-0.25, -0.2) is 15.0 Å². The Morgan fingerprint density at radius 1 is 1.00 bits per heavy atom. The summed E-state index contributed by atoms with van der Waals surface area (Å²) in [6.07, 6.45) is 5.15. The summed E-state index contributed by atoms with van der Waals surface area (Å²) in [6, 6.07) is 6.02. The van der Waals surface area contributed by atoms with Gasteiger partial charge in [0.25, 0.3) is 0 Å². The number of pyridine rings is 2. The fraction of sp³-hybridized carbons (Fsp3) is 0.222. The third-order valence-corrected chi connectivity index (χ3v) is 4.98. The molecular weight excluding hydrogens is 346 g/mol. The standard InChI is InChI=1S/C18H17N7S/c1-10-4-5-15(19-7-10)13-6-14-16(20-8-13)21-9-22-17(14)23-11(2)18-25-24-12(3)26-18/h4-9,11H,1-3H3,(H,20,21,22,23). The number of aromatic nitrogens is 6. The lowest BCUT2D eigenvalue weighted by atomic mass is 10.1. The summed E-state index contributed by atoms with van der Waals surface area (Å²) >= 11 is 1.57. The first-order valence-electron chi connectivity index (χ1n) is 8.20. The Labute approximate surface area is 154 Å². The number of nitrogens with zero attached hydrogens (tertiary/aromatic N) is 6. The highest BCUT2D eigenvalue weighted by Crippen LogP contribution is 2.27. The van der Waals surface area contributed by atoms with Crippen LogP contribution in [0, 0.1) is 13.8 Å². The smallest absolute Gasteiger partial charge is 0.164 e. The van der Waals surface area contributed by atoms with Crippen LogP contribution in [0.2, 0.25) is 0 Å². The van der Waals surface area contributed by atoms with Crippen LogP contribution >= 0.6 is 11.3 Å². The van der Waals surface area contributed by atoms with Crippen molar-refractivity contribution < 1.29 is 0 Å². The molecule has 0 spiro atoms. The lowest BCUT2D eigenvalue weighted by molar-refractivity contribution is 0.830. The van der Waals surface area contributed by atoms with Crippen LogP contribution in [0.5, 0.6) is 0 Å². The van der Waals surface area contributed by atoms with Gasteiger partial charge < -0.3 is 5.32 Å². The van der Waals surface area contributed by atoms with Crippen molar-refractivity contribution in [2.24, 2.45) is 0 Å². The minimum atomic E-state index is -0.0135. The Balaban J connectivity index is 1.72. The van der Waals surface area contributed by atoms with Crippen LogP contribution < -0.4 is 5.32 Å². The zero-order chi connectivity index (χ0) is 18.1. The van der Waals surface area contributed by atoms with Crippen LogP contribution in [0.1, 0.15) is 28.5 Å². The third-order valence-electron chi connectivity index (χ3n) is 3.96. The van der Waals surface area contributed by atoms with Crippen LogP contribution in [0.4, 0.5) is 5.82 Å². The van der Waals surface area contributed by atoms with Crippen LogP contribution in [-0.4, -0.2) is 30.1 Å². The predicted molar refractivity (Wildman–Crippen MR) is 102 cm³/mol. The van der Waals surface area contributed by atoms with Gasteiger partial charge in [0.05, 0.1) is 17.1 Å². The van der Waals surface area contributed by atoms with Crippen LogP contribution in [0.3, 0.4) is 0 Å². The van der Waals surface area contributed by atoms with Crippen molar-refractivity contribution in [1.82, 2.24) is 30.1 Å². The zero-order valence-corrected chi connectivity index (χ0v) is 15.4. The predicted octanol–water partition coefficient (Wildman–Crippen LogP) is 3.73. The first-order chi connectivity index (χ1) is 12.6. The molecule has 0 amide bonds. The molecule has 0 radical (unpaired) electrons. The van der Waals surface area contributed by atoms with Gasteiger partial charge in [0.1, 0.15) is 22.2 Å². The second-order valence-corrected chi connectivity index (χ2v) is 7.28. The number of aryl methyl sites for hydroxylation is 2. The first-order valence-corrected chi connectivity index (χ1v) is 9.02. The Kier molecular flexibility index (Phi) is 4.26. The molecule has 1 N–H and O–H groups in total. The Morgan fingerprint density at radius 3 is 2.62 bits per heavy atom. The molecule has 0 aromatic carbocycles. The van der Waals surface area contributed by atoms with E-state index in [4.69, 9.17) is 0 Å². The van der Waals surface area contributed by atoms with E-state index in [-0.39, 0.29) is 6.04 Å². The molecule has 4 aromatic heterocycles. The zero-order valence-electron chi connectivity index (χ0n) is 14.6. The Hall–Kier alpha value is -3.00. The van der Waals surface area contributed by atoms with E-state index in [1.54, 1.807) is 17.5 Å². The molecule has 0 aliphatic carbocycles. The van der Waals surface area contributed by atoms with Crippen molar-refractivity contribution >= 4 is 28.2 Å². The molecule has 4 rings (SSSR count). The number of hydrogen-bond acceptors (Lipinski definition) is 8. The molecule has 0 saturated carbocycles. The van der Waals surface area contributed by atoms with Crippen LogP contribution in [0.25, 0.3) is 22.3 Å². The quantitative estimate of drug-likeness (QED) is 0.591. The van der Waals surface area contributed by atoms with E-state index in [2.05, 4.69) is 35.5 Å². The number of fused-ring (bicyclic) bond motifs is 1. The van der Waals surface area contributed by atoms with Gasteiger partial charge in [0.15, 0.2) is 5.65 Å². The molecule has 0 saturated heterocycles. The van der Waals surface area contributed by atoms with E-state index in [1.165, 1.54) is 6.33 Å². The normalized spacial score (nSPS) is 12.3. The Bertz CT molecular complexity index is 1060. The number of rotatable bonds is 4. The van der Waals surface area contributed by atoms with Gasteiger partial charge in [-0.05, 0) is 38.5 Å². The molecule has 4 aromatic rings. The van der Waals surface area contributed by atoms with Gasteiger partial charge in [0, 0.05) is 18.0 Å². The van der Waals surface area contributed by atoms with Gasteiger partial charge in [-0.2, -0.15) is 0 Å². The largest absolute Gasteiger partial charge is 0.360 e. The number of nitrogens with one attached hydrogen (secondary N) is 1. The average Bonchev–Trinajstić information content (AvgIpc) is 3.09. The molecule has 4 heterocycles. The van der Waals surface area contributed by atoms with Crippen molar-refractivity contribution in [3.05, 3.63) is 52.5 Å². The maximum atomic E-state index is 4.48. The summed E-state index contributed by atoms with van der Waals surface area (Å²) < 4.78 is 0. The fourth-order valence-electron chi connectivity index (χ4n) is 2.59. The summed E-state index contributed by atoms with van der Waals surface area (Å²) in [5, 5.41) is 14.4. The van der Waals surface area contributed by atoms with E-state index in [0.29, 0.717) is 5.65 Å². The monoisotopic (exact) mass is 363 g/mol. The summed E-state index contributed by atoms with van der Waals surface area (Å²) in [6.45, 7) is 5.99. The minimum Gasteiger partial charge on any atom is -0.360 e. The van der Waals surface area contributed by atoms with E-state index >= 15 is 0 Å². The Morgan fingerprint density at radius 2 is 1.88 bits per heavy atom. The summed E-state index contributed by atoms with van der Waals surface area (Å²) in [4.78, 5) is 17.6. The summed E-state index contributed by atoms with van der Waals surface area (Å²) in [5.41, 5.74) is 3.55.